The van der Waals surface area contributed by atoms with E-state index in [0.717, 1.165) is 41.1 Å². The highest BCUT2D eigenvalue weighted by Crippen LogP contribution is 2.34. The van der Waals surface area contributed by atoms with Crippen LogP contribution in [0.5, 0.6) is 0 Å². The molecule has 6 nitrogen and oxygen atoms in total. The molecule has 0 radical (unpaired) electrons. The van der Waals surface area contributed by atoms with Gasteiger partial charge < -0.3 is 20.9 Å². The molecule has 3 aromatic rings. The van der Waals surface area contributed by atoms with Crippen LogP contribution in [0.15, 0.2) is 36.4 Å². The number of aryl methyl sites for hydroxylation is 1. The summed E-state index contributed by atoms with van der Waals surface area (Å²) in [4.78, 5) is 21.4. The largest absolute Gasteiger partial charge is 0.386 e. The van der Waals surface area contributed by atoms with Crippen molar-refractivity contribution in [2.45, 2.75) is 39.3 Å². The number of hydrogen-bond donors (Lipinski definition) is 3. The number of carbonyl (C=O) groups excluding carboxylic acids is 1. The van der Waals surface area contributed by atoms with Crippen molar-refractivity contribution in [3.05, 3.63) is 52.5 Å². The van der Waals surface area contributed by atoms with Gasteiger partial charge in [-0.1, -0.05) is 12.1 Å². The van der Waals surface area contributed by atoms with Crippen molar-refractivity contribution in [3.63, 3.8) is 0 Å². The predicted molar refractivity (Wildman–Crippen MR) is 131 cm³/mol. The monoisotopic (exact) mass is 437 g/mol. The summed E-state index contributed by atoms with van der Waals surface area (Å²) in [6.45, 7) is 9.07. The standard InChI is InChI=1S/C24H31N5OS/c1-15-5-10-20-21(25-4)22(31-24(20)28-15)23(30)26-12-11-18-6-8-19(9-7-18)29-13-16(2)27-17(3)14-29/h5-10,16-17,25,27H,11-14H2,1-4H3,(H,26,30). The topological polar surface area (TPSA) is 69.3 Å². The molecule has 2 unspecified atom stereocenters. The Bertz CT molecular complexity index is 1050. The summed E-state index contributed by atoms with van der Waals surface area (Å²) < 4.78 is 0. The molecule has 0 bridgehead atoms. The van der Waals surface area contributed by atoms with Crippen LogP contribution in [-0.2, 0) is 6.42 Å². The lowest BCUT2D eigenvalue weighted by molar-refractivity contribution is 0.0959. The number of thiophene rings is 1. The second-order valence-corrected chi connectivity index (χ2v) is 9.41. The lowest BCUT2D eigenvalue weighted by Crippen LogP contribution is -2.54. The van der Waals surface area contributed by atoms with Gasteiger partial charge in [-0.2, -0.15) is 0 Å². The van der Waals surface area contributed by atoms with Crippen LogP contribution in [0.3, 0.4) is 0 Å². The number of carbonyl (C=O) groups is 1. The van der Waals surface area contributed by atoms with Crippen molar-refractivity contribution >= 4 is 38.8 Å². The van der Waals surface area contributed by atoms with Gasteiger partial charge in [-0.05, 0) is 57.0 Å². The third-order valence-electron chi connectivity index (χ3n) is 5.71. The van der Waals surface area contributed by atoms with E-state index in [0.29, 0.717) is 23.5 Å². The minimum atomic E-state index is -0.0505. The highest BCUT2D eigenvalue weighted by molar-refractivity contribution is 7.21. The molecule has 1 aliphatic rings. The molecule has 1 aromatic carbocycles. The molecular formula is C24H31N5OS. The second-order valence-electron chi connectivity index (χ2n) is 8.41. The first kappa shape index (κ1) is 21.6. The molecule has 0 saturated carbocycles. The molecule has 1 fully saturated rings. The average Bonchev–Trinajstić information content (AvgIpc) is 3.11. The van der Waals surface area contributed by atoms with Gasteiger partial charge in [0, 0.05) is 55.5 Å². The Morgan fingerprint density at radius 1 is 1.16 bits per heavy atom. The molecule has 0 aliphatic carbocycles. The van der Waals surface area contributed by atoms with E-state index in [4.69, 9.17) is 0 Å². The summed E-state index contributed by atoms with van der Waals surface area (Å²) in [6, 6.07) is 13.7. The first-order valence-corrected chi connectivity index (χ1v) is 11.7. The van der Waals surface area contributed by atoms with Crippen LogP contribution in [0, 0.1) is 6.92 Å². The van der Waals surface area contributed by atoms with Gasteiger partial charge in [0.1, 0.15) is 9.71 Å². The normalized spacial score (nSPS) is 18.9. The van der Waals surface area contributed by atoms with Crippen LogP contribution in [0.25, 0.3) is 10.2 Å². The molecule has 0 spiro atoms. The highest BCUT2D eigenvalue weighted by Gasteiger charge is 2.21. The van der Waals surface area contributed by atoms with Crippen LogP contribution >= 0.6 is 11.3 Å². The van der Waals surface area contributed by atoms with Crippen molar-refractivity contribution < 1.29 is 4.79 Å². The molecule has 1 aliphatic heterocycles. The number of benzene rings is 1. The van der Waals surface area contributed by atoms with Gasteiger partial charge in [-0.15, -0.1) is 11.3 Å². The Balaban J connectivity index is 1.36. The number of amides is 1. The number of nitrogens with zero attached hydrogens (tertiary/aromatic N) is 2. The van der Waals surface area contributed by atoms with Crippen LogP contribution in [0.1, 0.15) is 34.8 Å². The van der Waals surface area contributed by atoms with Crippen molar-refractivity contribution in [3.8, 4) is 0 Å². The first-order valence-electron chi connectivity index (χ1n) is 10.9. The summed E-state index contributed by atoms with van der Waals surface area (Å²) in [5, 5.41) is 10.8. The van der Waals surface area contributed by atoms with Crippen LogP contribution < -0.4 is 20.9 Å². The molecule has 1 saturated heterocycles. The Kier molecular flexibility index (Phi) is 6.43. The SMILES string of the molecule is CNc1c(C(=O)NCCc2ccc(N3CC(C)NC(C)C3)cc2)sc2nc(C)ccc12. The van der Waals surface area contributed by atoms with Crippen molar-refractivity contribution in [1.82, 2.24) is 15.6 Å². The van der Waals surface area contributed by atoms with Crippen LogP contribution in [0.4, 0.5) is 11.4 Å². The molecule has 2 aromatic heterocycles. The Morgan fingerprint density at radius 3 is 2.55 bits per heavy atom. The maximum absolute atomic E-state index is 12.8. The molecule has 3 heterocycles. The van der Waals surface area contributed by atoms with Crippen molar-refractivity contribution in [2.24, 2.45) is 0 Å². The van der Waals surface area contributed by atoms with Crippen LogP contribution in [0.2, 0.25) is 0 Å². The molecule has 2 atom stereocenters. The van der Waals surface area contributed by atoms with E-state index in [9.17, 15) is 4.79 Å². The van der Waals surface area contributed by atoms with Crippen molar-refractivity contribution in [2.75, 3.05) is 36.9 Å². The fourth-order valence-electron chi connectivity index (χ4n) is 4.29. The van der Waals surface area contributed by atoms with E-state index < -0.39 is 0 Å². The van der Waals surface area contributed by atoms with Gasteiger partial charge in [0.25, 0.3) is 5.91 Å². The average molecular weight is 438 g/mol. The number of rotatable bonds is 6. The molecular weight excluding hydrogens is 406 g/mol. The van der Waals surface area contributed by atoms with Gasteiger partial charge in [0.15, 0.2) is 0 Å². The van der Waals surface area contributed by atoms with Gasteiger partial charge >= 0.3 is 0 Å². The summed E-state index contributed by atoms with van der Waals surface area (Å²) in [5.74, 6) is -0.0505. The summed E-state index contributed by atoms with van der Waals surface area (Å²) in [5.41, 5.74) is 4.30. The Labute approximate surface area is 188 Å². The van der Waals surface area contributed by atoms with Gasteiger partial charge in [-0.25, -0.2) is 4.98 Å². The van der Waals surface area contributed by atoms with Gasteiger partial charge in [-0.3, -0.25) is 4.79 Å². The minimum Gasteiger partial charge on any atom is -0.386 e. The zero-order chi connectivity index (χ0) is 22.0. The van der Waals surface area contributed by atoms with E-state index in [1.165, 1.54) is 22.6 Å². The minimum absolute atomic E-state index is 0.0505. The highest BCUT2D eigenvalue weighted by atomic mass is 32.1. The van der Waals surface area contributed by atoms with Gasteiger partial charge in [0.05, 0.1) is 5.69 Å². The lowest BCUT2D eigenvalue weighted by atomic mass is 10.1. The van der Waals surface area contributed by atoms with Crippen molar-refractivity contribution in [1.29, 1.82) is 0 Å². The summed E-state index contributed by atoms with van der Waals surface area (Å²) >= 11 is 1.44. The number of nitrogens with one attached hydrogen (secondary N) is 3. The zero-order valence-corrected chi connectivity index (χ0v) is 19.5. The summed E-state index contributed by atoms with van der Waals surface area (Å²) in [7, 11) is 1.85. The predicted octanol–water partition coefficient (Wildman–Crippen LogP) is 3.81. The quantitative estimate of drug-likeness (QED) is 0.547. The Morgan fingerprint density at radius 2 is 1.87 bits per heavy atom. The fraction of sp³-hybridized carbons (Fsp3) is 0.417. The summed E-state index contributed by atoms with van der Waals surface area (Å²) in [6.07, 6.45) is 0.803. The molecule has 4 rings (SSSR count). The number of fused-ring (bicyclic) bond motifs is 1. The van der Waals surface area contributed by atoms with E-state index in [1.54, 1.807) is 0 Å². The maximum Gasteiger partial charge on any atom is 0.263 e. The molecule has 7 heteroatoms. The van der Waals surface area contributed by atoms with Gasteiger partial charge in [0.2, 0.25) is 0 Å². The zero-order valence-electron chi connectivity index (χ0n) is 18.7. The lowest BCUT2D eigenvalue weighted by Gasteiger charge is -2.37. The smallest absolute Gasteiger partial charge is 0.263 e. The molecule has 31 heavy (non-hydrogen) atoms. The van der Waals surface area contributed by atoms with E-state index >= 15 is 0 Å². The Hall–Kier alpha value is -2.64. The molecule has 1 amide bonds. The number of pyridine rings is 1. The van der Waals surface area contributed by atoms with E-state index in [2.05, 4.69) is 63.9 Å². The van der Waals surface area contributed by atoms with Crippen LogP contribution in [-0.4, -0.2) is 49.7 Å². The first-order chi connectivity index (χ1) is 14.9. The molecule has 3 N–H and O–H groups in total. The van der Waals surface area contributed by atoms with E-state index in [1.807, 2.05) is 26.1 Å². The number of aromatic nitrogens is 1. The third-order valence-corrected chi connectivity index (χ3v) is 6.81. The number of anilines is 2. The second kappa shape index (κ2) is 9.24. The third kappa shape index (κ3) is 4.83. The fourth-order valence-corrected chi connectivity index (χ4v) is 5.43. The number of hydrogen-bond acceptors (Lipinski definition) is 6. The molecule has 164 valence electrons. The maximum atomic E-state index is 12.8. The number of piperazine rings is 1. The van der Waals surface area contributed by atoms with E-state index in [-0.39, 0.29) is 5.91 Å².